The largest absolute Gasteiger partial charge is 0.325 e. The van der Waals surface area contributed by atoms with Crippen LogP contribution in [0.2, 0.25) is 0 Å². The van der Waals surface area contributed by atoms with Crippen LogP contribution >= 0.6 is 0 Å². The Balaban J connectivity index is 2.04. The van der Waals surface area contributed by atoms with Crippen LogP contribution in [0.15, 0.2) is 18.6 Å². The number of nitrogens with zero attached hydrogens (tertiary/aromatic N) is 3. The van der Waals surface area contributed by atoms with E-state index in [1.165, 1.54) is 25.0 Å². The topological polar surface area (TPSA) is 56.2 Å². The molecule has 4 nitrogen and oxygen atoms in total. The Labute approximate surface area is 88.1 Å². The summed E-state index contributed by atoms with van der Waals surface area (Å²) in [6.07, 6.45) is 7.66. The molecule has 0 saturated heterocycles. The van der Waals surface area contributed by atoms with Crippen molar-refractivity contribution in [1.29, 1.82) is 0 Å². The number of imidazole rings is 1. The number of hydrogen-bond donors (Lipinski definition) is 1. The molecule has 1 fully saturated rings. The van der Waals surface area contributed by atoms with Gasteiger partial charge < -0.3 is 5.73 Å². The molecule has 0 atom stereocenters. The molecule has 0 aliphatic heterocycles. The lowest BCUT2D eigenvalue weighted by atomic mass is 9.83. The van der Waals surface area contributed by atoms with Crippen LogP contribution in [-0.4, -0.2) is 14.4 Å². The quantitative estimate of drug-likeness (QED) is 0.802. The second kappa shape index (κ2) is 3.31. The van der Waals surface area contributed by atoms with Crippen LogP contribution in [0.1, 0.15) is 36.6 Å². The van der Waals surface area contributed by atoms with Crippen LogP contribution in [0.25, 0.3) is 5.65 Å². The van der Waals surface area contributed by atoms with Gasteiger partial charge in [0.1, 0.15) is 12.0 Å². The fourth-order valence-corrected chi connectivity index (χ4v) is 1.98. The van der Waals surface area contributed by atoms with Crippen LogP contribution in [0, 0.1) is 0 Å². The van der Waals surface area contributed by atoms with Crippen molar-refractivity contribution in [3.63, 3.8) is 0 Å². The number of rotatable bonds is 2. The minimum absolute atomic E-state index is 0.487. The summed E-state index contributed by atoms with van der Waals surface area (Å²) in [5.41, 5.74) is 8.62. The maximum absolute atomic E-state index is 5.55. The average molecular weight is 202 g/mol. The van der Waals surface area contributed by atoms with E-state index in [1.807, 2.05) is 16.9 Å². The highest BCUT2D eigenvalue weighted by Gasteiger charge is 2.21. The van der Waals surface area contributed by atoms with E-state index in [1.54, 1.807) is 0 Å². The van der Waals surface area contributed by atoms with Crippen molar-refractivity contribution in [2.75, 3.05) is 0 Å². The minimum atomic E-state index is 0.487. The summed E-state index contributed by atoms with van der Waals surface area (Å²) < 4.78 is 1.93. The molecule has 0 unspecified atom stereocenters. The van der Waals surface area contributed by atoms with E-state index in [2.05, 4.69) is 16.0 Å². The molecule has 78 valence electrons. The first-order valence-electron chi connectivity index (χ1n) is 5.40. The van der Waals surface area contributed by atoms with Crippen LogP contribution < -0.4 is 5.73 Å². The van der Waals surface area contributed by atoms with Crippen LogP contribution in [0.5, 0.6) is 0 Å². The second-order valence-electron chi connectivity index (χ2n) is 4.14. The van der Waals surface area contributed by atoms with Gasteiger partial charge in [0, 0.05) is 30.4 Å². The van der Waals surface area contributed by atoms with Gasteiger partial charge in [-0.15, -0.1) is 0 Å². The summed E-state index contributed by atoms with van der Waals surface area (Å²) in [7, 11) is 0. The van der Waals surface area contributed by atoms with Gasteiger partial charge in [-0.3, -0.25) is 4.40 Å². The molecule has 0 aromatic carbocycles. The van der Waals surface area contributed by atoms with E-state index < -0.39 is 0 Å². The number of nitrogens with two attached hydrogens (primary N) is 1. The molecule has 2 heterocycles. The van der Waals surface area contributed by atoms with Gasteiger partial charge in [0.2, 0.25) is 0 Å². The molecule has 4 heteroatoms. The van der Waals surface area contributed by atoms with Gasteiger partial charge >= 0.3 is 0 Å². The molecule has 2 aromatic rings. The Bertz CT molecular complexity index is 484. The third kappa shape index (κ3) is 1.41. The molecule has 3 rings (SSSR count). The lowest BCUT2D eigenvalue weighted by Gasteiger charge is -2.24. The second-order valence-corrected chi connectivity index (χ2v) is 4.14. The Morgan fingerprint density at radius 3 is 3.00 bits per heavy atom. The lowest BCUT2D eigenvalue weighted by Crippen LogP contribution is -2.10. The van der Waals surface area contributed by atoms with Gasteiger partial charge in [-0.05, 0) is 12.8 Å². The molecule has 0 bridgehead atoms. The molecule has 0 spiro atoms. The Kier molecular flexibility index (Phi) is 1.95. The van der Waals surface area contributed by atoms with Gasteiger partial charge in [-0.2, -0.15) is 0 Å². The molecule has 15 heavy (non-hydrogen) atoms. The molecule has 1 saturated carbocycles. The Hall–Kier alpha value is -1.42. The zero-order valence-corrected chi connectivity index (χ0v) is 8.56. The van der Waals surface area contributed by atoms with Crippen LogP contribution in [0.3, 0.4) is 0 Å². The van der Waals surface area contributed by atoms with Crippen molar-refractivity contribution < 1.29 is 0 Å². The van der Waals surface area contributed by atoms with Crippen molar-refractivity contribution in [3.05, 3.63) is 30.0 Å². The molecule has 0 radical (unpaired) electrons. The maximum atomic E-state index is 5.55. The smallest absolute Gasteiger partial charge is 0.140 e. The zero-order chi connectivity index (χ0) is 10.3. The van der Waals surface area contributed by atoms with Gasteiger partial charge in [-0.1, -0.05) is 6.42 Å². The third-order valence-corrected chi connectivity index (χ3v) is 3.15. The van der Waals surface area contributed by atoms with E-state index in [0.717, 1.165) is 11.3 Å². The first-order valence-corrected chi connectivity index (χ1v) is 5.40. The highest BCUT2D eigenvalue weighted by molar-refractivity contribution is 5.41. The van der Waals surface area contributed by atoms with E-state index >= 15 is 0 Å². The van der Waals surface area contributed by atoms with E-state index in [9.17, 15) is 0 Å². The average Bonchev–Trinajstić information content (AvgIpc) is 2.57. The molecule has 1 aliphatic rings. The van der Waals surface area contributed by atoms with Crippen LogP contribution in [-0.2, 0) is 6.54 Å². The summed E-state index contributed by atoms with van der Waals surface area (Å²) in [5, 5.41) is 0. The number of aromatic nitrogens is 3. The highest BCUT2D eigenvalue weighted by atomic mass is 15.0. The molecular formula is C11H14N4. The summed E-state index contributed by atoms with van der Waals surface area (Å²) in [5.74, 6) is 0.660. The fraction of sp³-hybridized carbons (Fsp3) is 0.455. The summed E-state index contributed by atoms with van der Waals surface area (Å²) in [4.78, 5) is 8.89. The predicted octanol–water partition coefficient (Wildman–Crippen LogP) is 1.46. The number of fused-ring (bicyclic) bond motifs is 1. The van der Waals surface area contributed by atoms with Crippen molar-refractivity contribution in [1.82, 2.24) is 14.4 Å². The highest BCUT2D eigenvalue weighted by Crippen LogP contribution is 2.35. The molecule has 0 amide bonds. The van der Waals surface area contributed by atoms with Gasteiger partial charge in [0.15, 0.2) is 0 Å². The SMILES string of the molecule is NCc1cn2cnc(C3CCC3)cc2n1. The zero-order valence-electron chi connectivity index (χ0n) is 8.56. The molecule has 1 aliphatic carbocycles. The monoisotopic (exact) mass is 202 g/mol. The maximum Gasteiger partial charge on any atom is 0.140 e. The van der Waals surface area contributed by atoms with Gasteiger partial charge in [0.25, 0.3) is 0 Å². The summed E-state index contributed by atoms with van der Waals surface area (Å²) in [6.45, 7) is 0.487. The van der Waals surface area contributed by atoms with E-state index in [-0.39, 0.29) is 0 Å². The van der Waals surface area contributed by atoms with Crippen LogP contribution in [0.4, 0.5) is 0 Å². The van der Waals surface area contributed by atoms with Crippen molar-refractivity contribution in [2.45, 2.75) is 31.7 Å². The standard InChI is InChI=1S/C11H14N4/c12-5-9-6-15-7-13-10(4-11(15)14-9)8-2-1-3-8/h4,6-8H,1-3,5,12H2. The first kappa shape index (κ1) is 8.85. The summed E-state index contributed by atoms with van der Waals surface area (Å²) in [6, 6.07) is 2.09. The lowest BCUT2D eigenvalue weighted by molar-refractivity contribution is 0.411. The normalized spacial score (nSPS) is 16.9. The first-order chi connectivity index (χ1) is 7.36. The Morgan fingerprint density at radius 2 is 2.33 bits per heavy atom. The Morgan fingerprint density at radius 1 is 1.47 bits per heavy atom. The van der Waals surface area contributed by atoms with E-state index in [0.29, 0.717) is 12.5 Å². The van der Waals surface area contributed by atoms with Crippen molar-refractivity contribution in [2.24, 2.45) is 5.73 Å². The van der Waals surface area contributed by atoms with Crippen molar-refractivity contribution >= 4 is 5.65 Å². The fourth-order valence-electron chi connectivity index (χ4n) is 1.98. The third-order valence-electron chi connectivity index (χ3n) is 3.15. The van der Waals surface area contributed by atoms with E-state index in [4.69, 9.17) is 5.73 Å². The minimum Gasteiger partial charge on any atom is -0.325 e. The molecule has 2 aromatic heterocycles. The van der Waals surface area contributed by atoms with Gasteiger partial charge in [-0.25, -0.2) is 9.97 Å². The van der Waals surface area contributed by atoms with Gasteiger partial charge in [0.05, 0.1) is 5.69 Å². The molecule has 2 N–H and O–H groups in total. The molecular weight excluding hydrogens is 188 g/mol. The number of hydrogen-bond acceptors (Lipinski definition) is 3. The summed E-state index contributed by atoms with van der Waals surface area (Å²) >= 11 is 0. The predicted molar refractivity (Wildman–Crippen MR) is 57.5 cm³/mol. The van der Waals surface area contributed by atoms with Crippen molar-refractivity contribution in [3.8, 4) is 0 Å².